The number of carbonyl (C=O) groups excluding carboxylic acids is 2. The van der Waals surface area contributed by atoms with Crippen molar-refractivity contribution in [3.8, 4) is 0 Å². The Hall–Kier alpha value is -1.78. The van der Waals surface area contributed by atoms with Crippen LogP contribution in [0.5, 0.6) is 0 Å². The highest BCUT2D eigenvalue weighted by molar-refractivity contribution is 5.82. The maximum atomic E-state index is 12.1. The Morgan fingerprint density at radius 2 is 1.61 bits per heavy atom. The minimum atomic E-state index is -0.491. The van der Waals surface area contributed by atoms with Crippen LogP contribution in [0.3, 0.4) is 0 Å². The second-order valence-corrected chi connectivity index (χ2v) is 13.5. The number of fused-ring (bicyclic) bond motifs is 5. The van der Waals surface area contributed by atoms with Crippen molar-refractivity contribution in [1.82, 2.24) is 0 Å². The predicted octanol–water partition coefficient (Wildman–Crippen LogP) is 7.01. The number of methoxy groups -OCH3 is 1. The lowest BCUT2D eigenvalue weighted by Crippen LogP contribution is -2.54. The molecule has 0 heterocycles. The number of hydrogen-bond donors (Lipinski definition) is 0. The zero-order valence-electron chi connectivity index (χ0n) is 23.6. The van der Waals surface area contributed by atoms with Crippen molar-refractivity contribution in [3.05, 3.63) is 24.0 Å². The molecular weight excluding hydrogens is 452 g/mol. The van der Waals surface area contributed by atoms with Crippen molar-refractivity contribution in [2.75, 3.05) is 7.11 Å². The summed E-state index contributed by atoms with van der Waals surface area (Å²) in [6.07, 6.45) is 16.1. The number of allylic oxidation sites excluding steroid dienone is 3. The van der Waals surface area contributed by atoms with Gasteiger partial charge in [-0.1, -0.05) is 19.9 Å². The minimum Gasteiger partial charge on any atom is -0.501 e. The van der Waals surface area contributed by atoms with Gasteiger partial charge in [0.15, 0.2) is 0 Å². The van der Waals surface area contributed by atoms with Crippen molar-refractivity contribution in [1.29, 1.82) is 0 Å². The Bertz CT molecular complexity index is 897. The molecule has 0 radical (unpaired) electrons. The van der Waals surface area contributed by atoms with Gasteiger partial charge in [-0.2, -0.15) is 0 Å². The maximum absolute atomic E-state index is 12.1. The van der Waals surface area contributed by atoms with Gasteiger partial charge in [0, 0.05) is 18.9 Å². The number of hydrogen-bond acceptors (Lipinski definition) is 5. The molecule has 0 saturated heterocycles. The first kappa shape index (κ1) is 27.3. The topological polar surface area (TPSA) is 61.8 Å². The van der Waals surface area contributed by atoms with Gasteiger partial charge in [0.25, 0.3) is 0 Å². The average Bonchev–Trinajstić information content (AvgIpc) is 3.12. The van der Waals surface area contributed by atoms with Crippen LogP contribution in [-0.4, -0.2) is 30.8 Å². The molecule has 4 saturated carbocycles. The molecule has 0 spiro atoms. The number of ether oxygens (including phenoxy) is 3. The third kappa shape index (κ3) is 5.27. The van der Waals surface area contributed by atoms with Crippen LogP contribution in [0.2, 0.25) is 0 Å². The normalized spacial score (nSPS) is 40.7. The van der Waals surface area contributed by atoms with E-state index in [1.54, 1.807) is 20.1 Å². The first-order valence-corrected chi connectivity index (χ1v) is 14.2. The average molecular weight is 501 g/mol. The first-order chi connectivity index (χ1) is 16.9. The van der Waals surface area contributed by atoms with Crippen LogP contribution >= 0.6 is 0 Å². The van der Waals surface area contributed by atoms with Crippen molar-refractivity contribution in [2.45, 2.75) is 111 Å². The van der Waals surface area contributed by atoms with Crippen LogP contribution in [0.1, 0.15) is 99.3 Å². The van der Waals surface area contributed by atoms with Crippen molar-refractivity contribution >= 4 is 11.9 Å². The van der Waals surface area contributed by atoms with Gasteiger partial charge in [0.05, 0.1) is 12.9 Å². The second-order valence-electron chi connectivity index (χ2n) is 13.5. The van der Waals surface area contributed by atoms with E-state index in [-0.39, 0.29) is 23.5 Å². The lowest BCUT2D eigenvalue weighted by Gasteiger charge is -2.61. The molecule has 0 aliphatic heterocycles. The van der Waals surface area contributed by atoms with Crippen LogP contribution in [-0.2, 0) is 23.8 Å². The molecule has 4 aliphatic rings. The Balaban J connectivity index is 1.47. The molecule has 4 aliphatic carbocycles. The maximum Gasteiger partial charge on any atom is 0.331 e. The van der Waals surface area contributed by atoms with Gasteiger partial charge in [-0.15, -0.1) is 0 Å². The van der Waals surface area contributed by atoms with Gasteiger partial charge in [-0.3, -0.25) is 4.79 Å². The molecule has 0 N–H and O–H groups in total. The third-order valence-corrected chi connectivity index (χ3v) is 10.4. The summed E-state index contributed by atoms with van der Waals surface area (Å²) < 4.78 is 17.0. The van der Waals surface area contributed by atoms with E-state index >= 15 is 0 Å². The first-order valence-electron chi connectivity index (χ1n) is 14.2. The number of carbonyl (C=O) groups is 2. The van der Waals surface area contributed by atoms with E-state index in [2.05, 4.69) is 13.8 Å². The molecule has 0 amide bonds. The van der Waals surface area contributed by atoms with Crippen LogP contribution in [0.15, 0.2) is 24.0 Å². The zero-order valence-corrected chi connectivity index (χ0v) is 23.6. The van der Waals surface area contributed by atoms with Gasteiger partial charge in [0.1, 0.15) is 11.7 Å². The summed E-state index contributed by atoms with van der Waals surface area (Å²) in [5.74, 6) is 3.87. The van der Waals surface area contributed by atoms with E-state index in [0.29, 0.717) is 17.3 Å². The Kier molecular flexibility index (Phi) is 7.70. The molecule has 0 aromatic rings. The molecular formula is C31H48O5. The fourth-order valence-corrected chi connectivity index (χ4v) is 8.91. The highest BCUT2D eigenvalue weighted by atomic mass is 16.6. The largest absolute Gasteiger partial charge is 0.501 e. The lowest BCUT2D eigenvalue weighted by molar-refractivity contribution is -0.160. The van der Waals surface area contributed by atoms with Gasteiger partial charge >= 0.3 is 11.9 Å². The van der Waals surface area contributed by atoms with Gasteiger partial charge in [-0.05, 0) is 119 Å². The summed E-state index contributed by atoms with van der Waals surface area (Å²) in [6, 6.07) is 0. The van der Waals surface area contributed by atoms with Crippen molar-refractivity contribution < 1.29 is 23.8 Å². The standard InChI is InChI=1S/C31H48O5/c1-20(32)35-22-15-17-30(5)21(19-22)11-12-23-24-13-14-26(31(24,6)18-16-25(23)30)27(34-7)9-8-10-28(33)36-29(2,3)4/h8-10,21-26H,11-19H2,1-7H3/b10-8-,27-9+/t21-,22-,23+,24+,25+,26-,30+,31+/m1/s1. The summed E-state index contributed by atoms with van der Waals surface area (Å²) in [4.78, 5) is 23.7. The monoisotopic (exact) mass is 500 g/mol. The van der Waals surface area contributed by atoms with Crippen molar-refractivity contribution in [2.24, 2.45) is 40.4 Å². The quantitative estimate of drug-likeness (QED) is 0.176. The highest BCUT2D eigenvalue weighted by Crippen LogP contribution is 2.68. The summed E-state index contributed by atoms with van der Waals surface area (Å²) in [7, 11) is 1.77. The zero-order chi connectivity index (χ0) is 26.3. The summed E-state index contributed by atoms with van der Waals surface area (Å²) in [5, 5.41) is 0. The molecule has 36 heavy (non-hydrogen) atoms. The Morgan fingerprint density at radius 3 is 2.28 bits per heavy atom. The molecule has 5 nitrogen and oxygen atoms in total. The summed E-state index contributed by atoms with van der Waals surface area (Å²) in [5.41, 5.74) is 0.116. The third-order valence-electron chi connectivity index (χ3n) is 10.4. The predicted molar refractivity (Wildman–Crippen MR) is 141 cm³/mol. The van der Waals surface area contributed by atoms with E-state index in [0.717, 1.165) is 42.8 Å². The number of rotatable bonds is 5. The van der Waals surface area contributed by atoms with Crippen LogP contribution in [0, 0.1) is 40.4 Å². The summed E-state index contributed by atoms with van der Waals surface area (Å²) in [6.45, 7) is 12.2. The van der Waals surface area contributed by atoms with E-state index in [1.165, 1.54) is 44.6 Å². The lowest BCUT2D eigenvalue weighted by atomic mass is 9.44. The molecule has 0 aromatic heterocycles. The Morgan fingerprint density at radius 1 is 0.917 bits per heavy atom. The summed E-state index contributed by atoms with van der Waals surface area (Å²) >= 11 is 0. The molecule has 5 heteroatoms. The SMILES string of the molecule is CO/C(=C/C=C\C(=O)OC(C)(C)C)[C@H]1CC[C@H]2[C@@H]3CC[C@@H]4C[C@H](OC(C)=O)CC[C@]4(C)[C@H]3CC[C@]12C. The molecule has 8 atom stereocenters. The molecule has 0 unspecified atom stereocenters. The van der Waals surface area contributed by atoms with Crippen LogP contribution in [0.25, 0.3) is 0 Å². The van der Waals surface area contributed by atoms with Gasteiger partial charge in [-0.25, -0.2) is 4.79 Å². The fourth-order valence-electron chi connectivity index (χ4n) is 8.91. The Labute approximate surface area is 218 Å². The van der Waals surface area contributed by atoms with E-state index in [9.17, 15) is 9.59 Å². The van der Waals surface area contributed by atoms with Gasteiger partial charge < -0.3 is 14.2 Å². The van der Waals surface area contributed by atoms with E-state index in [4.69, 9.17) is 14.2 Å². The molecule has 4 fully saturated rings. The van der Waals surface area contributed by atoms with Crippen LogP contribution in [0.4, 0.5) is 0 Å². The van der Waals surface area contributed by atoms with Crippen molar-refractivity contribution in [3.63, 3.8) is 0 Å². The molecule has 4 rings (SSSR count). The van der Waals surface area contributed by atoms with Crippen LogP contribution < -0.4 is 0 Å². The van der Waals surface area contributed by atoms with Gasteiger partial charge in [0.2, 0.25) is 0 Å². The van der Waals surface area contributed by atoms with E-state index < -0.39 is 5.60 Å². The molecule has 202 valence electrons. The second kappa shape index (κ2) is 10.2. The fraction of sp³-hybridized carbons (Fsp3) is 0.806. The molecule has 0 aromatic carbocycles. The smallest absolute Gasteiger partial charge is 0.331 e. The molecule has 0 bridgehead atoms. The van der Waals surface area contributed by atoms with E-state index in [1.807, 2.05) is 26.8 Å². The number of esters is 2. The minimum absolute atomic E-state index is 0.116. The highest BCUT2D eigenvalue weighted by Gasteiger charge is 2.61.